The van der Waals surface area contributed by atoms with Gasteiger partial charge in [0.1, 0.15) is 5.82 Å². The highest BCUT2D eigenvalue weighted by atomic mass is 19.1. The van der Waals surface area contributed by atoms with E-state index >= 15 is 0 Å². The van der Waals surface area contributed by atoms with Crippen molar-refractivity contribution in [1.82, 2.24) is 4.90 Å². The second-order valence-corrected chi connectivity index (χ2v) is 8.56. The van der Waals surface area contributed by atoms with Crippen LogP contribution < -0.4 is 15.5 Å². The first-order chi connectivity index (χ1) is 16.4. The van der Waals surface area contributed by atoms with Crippen LogP contribution >= 0.6 is 0 Å². The molecule has 0 aromatic heterocycles. The van der Waals surface area contributed by atoms with E-state index in [-0.39, 0.29) is 24.2 Å². The maximum absolute atomic E-state index is 13.1. The molecule has 0 aliphatic carbocycles. The zero-order chi connectivity index (χ0) is 24.1. The summed E-state index contributed by atoms with van der Waals surface area (Å²) >= 11 is 0. The highest BCUT2D eigenvalue weighted by Crippen LogP contribution is 2.22. The number of amides is 3. The Labute approximate surface area is 199 Å². The fraction of sp³-hybridized carbons (Fsp3) is 0.259. The number of nitrogens with zero attached hydrogens (tertiary/aromatic N) is 2. The van der Waals surface area contributed by atoms with Crippen LogP contribution in [0, 0.1) is 19.7 Å². The molecule has 1 aliphatic heterocycles. The number of anilines is 3. The van der Waals surface area contributed by atoms with Gasteiger partial charge >= 0.3 is 6.03 Å². The topological polar surface area (TPSA) is 64.7 Å². The van der Waals surface area contributed by atoms with Gasteiger partial charge in [0, 0.05) is 43.2 Å². The number of piperazine rings is 1. The lowest BCUT2D eigenvalue weighted by Gasteiger charge is -2.36. The highest BCUT2D eigenvalue weighted by Gasteiger charge is 2.21. The number of carbonyl (C=O) groups excluding carboxylic acids is 2. The molecule has 34 heavy (non-hydrogen) atoms. The van der Waals surface area contributed by atoms with Gasteiger partial charge in [-0.15, -0.1) is 0 Å². The number of halogens is 1. The standard InChI is InChI=1S/C27H29FN4O2/c1-19-4-3-5-20(2)26(19)30-27(34)29-23-10-12-24(13-11-23)31-14-16-32(17-15-31)25(33)18-21-6-8-22(28)9-7-21/h3-13H,14-18H2,1-2H3,(H2,29,30,34). The molecule has 7 heteroatoms. The smallest absolute Gasteiger partial charge is 0.323 e. The summed E-state index contributed by atoms with van der Waals surface area (Å²) in [6.07, 6.45) is 0.282. The maximum Gasteiger partial charge on any atom is 0.323 e. The third-order valence-electron chi connectivity index (χ3n) is 6.11. The summed E-state index contributed by atoms with van der Waals surface area (Å²) in [6, 6.07) is 19.4. The van der Waals surface area contributed by atoms with Gasteiger partial charge in [0.2, 0.25) is 5.91 Å². The highest BCUT2D eigenvalue weighted by molar-refractivity contribution is 6.00. The molecule has 6 nitrogen and oxygen atoms in total. The minimum absolute atomic E-state index is 0.0562. The molecule has 0 radical (unpaired) electrons. The van der Waals surface area contributed by atoms with Crippen molar-refractivity contribution in [3.8, 4) is 0 Å². The van der Waals surface area contributed by atoms with Gasteiger partial charge in [-0.25, -0.2) is 9.18 Å². The molecule has 3 amide bonds. The molecule has 3 aromatic rings. The van der Waals surface area contributed by atoms with Crippen molar-refractivity contribution in [2.24, 2.45) is 0 Å². The molecule has 2 N–H and O–H groups in total. The number of hydrogen-bond acceptors (Lipinski definition) is 3. The summed E-state index contributed by atoms with van der Waals surface area (Å²) in [5.74, 6) is -0.242. The van der Waals surface area contributed by atoms with Crippen LogP contribution in [0.3, 0.4) is 0 Å². The van der Waals surface area contributed by atoms with E-state index in [0.29, 0.717) is 18.8 Å². The van der Waals surface area contributed by atoms with Crippen LogP contribution in [0.25, 0.3) is 0 Å². The lowest BCUT2D eigenvalue weighted by atomic mass is 10.1. The van der Waals surface area contributed by atoms with Gasteiger partial charge in [-0.2, -0.15) is 0 Å². The summed E-state index contributed by atoms with van der Waals surface area (Å²) in [7, 11) is 0. The molecular weight excluding hydrogens is 431 g/mol. The number of carbonyl (C=O) groups is 2. The Kier molecular flexibility index (Phi) is 7.11. The lowest BCUT2D eigenvalue weighted by Crippen LogP contribution is -2.49. The van der Waals surface area contributed by atoms with Crippen LogP contribution in [0.1, 0.15) is 16.7 Å². The first-order valence-electron chi connectivity index (χ1n) is 11.4. The van der Waals surface area contributed by atoms with E-state index in [1.54, 1.807) is 12.1 Å². The van der Waals surface area contributed by atoms with E-state index < -0.39 is 0 Å². The summed E-state index contributed by atoms with van der Waals surface area (Å²) < 4.78 is 13.1. The molecule has 4 rings (SSSR count). The number of nitrogens with one attached hydrogen (secondary N) is 2. The van der Waals surface area contributed by atoms with Crippen molar-refractivity contribution in [3.05, 3.63) is 89.2 Å². The third kappa shape index (κ3) is 5.73. The summed E-state index contributed by atoms with van der Waals surface area (Å²) in [4.78, 5) is 29.1. The monoisotopic (exact) mass is 460 g/mol. The fourth-order valence-corrected chi connectivity index (χ4v) is 4.15. The van der Waals surface area contributed by atoms with Crippen LogP contribution in [0.15, 0.2) is 66.7 Å². The molecule has 1 heterocycles. The Bertz CT molecular complexity index is 1130. The van der Waals surface area contributed by atoms with E-state index in [4.69, 9.17) is 0 Å². The van der Waals surface area contributed by atoms with Crippen molar-refractivity contribution in [2.75, 3.05) is 41.7 Å². The minimum atomic E-state index is -0.298. The van der Waals surface area contributed by atoms with Crippen molar-refractivity contribution in [2.45, 2.75) is 20.3 Å². The number of rotatable bonds is 5. The zero-order valence-electron chi connectivity index (χ0n) is 19.5. The Morgan fingerprint density at radius 3 is 2.06 bits per heavy atom. The molecule has 1 aliphatic rings. The largest absolute Gasteiger partial charge is 0.368 e. The quantitative estimate of drug-likeness (QED) is 0.565. The molecule has 176 valence electrons. The van der Waals surface area contributed by atoms with Crippen LogP contribution in [-0.2, 0) is 11.2 Å². The number of benzene rings is 3. The first kappa shape index (κ1) is 23.3. The molecule has 0 atom stereocenters. The van der Waals surface area contributed by atoms with Crippen LogP contribution in [0.5, 0.6) is 0 Å². The maximum atomic E-state index is 13.1. The number of hydrogen-bond donors (Lipinski definition) is 2. The normalized spacial score (nSPS) is 13.5. The van der Waals surface area contributed by atoms with Gasteiger partial charge in [0.15, 0.2) is 0 Å². The SMILES string of the molecule is Cc1cccc(C)c1NC(=O)Nc1ccc(N2CCN(C(=O)Cc3ccc(F)cc3)CC2)cc1. The van der Waals surface area contributed by atoms with Crippen LogP contribution in [0.2, 0.25) is 0 Å². The predicted molar refractivity (Wildman–Crippen MR) is 134 cm³/mol. The van der Waals surface area contributed by atoms with Gasteiger partial charge in [0.05, 0.1) is 6.42 Å². The van der Waals surface area contributed by atoms with Crippen molar-refractivity contribution < 1.29 is 14.0 Å². The Hall–Kier alpha value is -3.87. The van der Waals surface area contributed by atoms with E-state index in [1.165, 1.54) is 12.1 Å². The average Bonchev–Trinajstić information content (AvgIpc) is 2.83. The van der Waals surface area contributed by atoms with Crippen molar-refractivity contribution in [1.29, 1.82) is 0 Å². The van der Waals surface area contributed by atoms with Gasteiger partial charge in [-0.1, -0.05) is 30.3 Å². The number of urea groups is 1. The lowest BCUT2D eigenvalue weighted by molar-refractivity contribution is -0.130. The third-order valence-corrected chi connectivity index (χ3v) is 6.11. The van der Waals surface area contributed by atoms with Gasteiger partial charge in [0.25, 0.3) is 0 Å². The van der Waals surface area contributed by atoms with E-state index in [9.17, 15) is 14.0 Å². The Morgan fingerprint density at radius 1 is 0.824 bits per heavy atom. The molecule has 1 saturated heterocycles. The predicted octanol–water partition coefficient (Wildman–Crippen LogP) is 4.98. The minimum Gasteiger partial charge on any atom is -0.368 e. The second-order valence-electron chi connectivity index (χ2n) is 8.56. The van der Waals surface area contributed by atoms with Gasteiger partial charge in [-0.3, -0.25) is 4.79 Å². The molecule has 1 fully saturated rings. The summed E-state index contributed by atoms with van der Waals surface area (Å²) in [5.41, 5.74) is 5.43. The van der Waals surface area contributed by atoms with Gasteiger partial charge < -0.3 is 20.4 Å². The zero-order valence-corrected chi connectivity index (χ0v) is 19.5. The molecule has 3 aromatic carbocycles. The molecule has 0 saturated carbocycles. The molecule has 0 bridgehead atoms. The first-order valence-corrected chi connectivity index (χ1v) is 11.4. The van der Waals surface area contributed by atoms with Crippen LogP contribution in [0.4, 0.5) is 26.2 Å². The average molecular weight is 461 g/mol. The van der Waals surface area contributed by atoms with Crippen molar-refractivity contribution in [3.63, 3.8) is 0 Å². The molecular formula is C27H29FN4O2. The fourth-order valence-electron chi connectivity index (χ4n) is 4.15. The summed E-state index contributed by atoms with van der Waals surface area (Å²) in [5, 5.41) is 5.80. The van der Waals surface area contributed by atoms with Crippen molar-refractivity contribution >= 4 is 29.0 Å². The van der Waals surface area contributed by atoms with Gasteiger partial charge in [-0.05, 0) is 66.9 Å². The number of para-hydroxylation sites is 1. The van der Waals surface area contributed by atoms with E-state index in [1.807, 2.05) is 61.2 Å². The van der Waals surface area contributed by atoms with E-state index in [0.717, 1.165) is 41.2 Å². The molecule has 0 spiro atoms. The van der Waals surface area contributed by atoms with E-state index in [2.05, 4.69) is 15.5 Å². The Morgan fingerprint density at radius 2 is 1.44 bits per heavy atom. The van der Waals surface area contributed by atoms with Crippen LogP contribution in [-0.4, -0.2) is 43.0 Å². The summed E-state index contributed by atoms with van der Waals surface area (Å²) in [6.45, 7) is 6.67. The second kappa shape index (κ2) is 10.4. The molecule has 0 unspecified atom stereocenters. The Balaban J connectivity index is 1.27. The number of aryl methyl sites for hydroxylation is 2.